The van der Waals surface area contributed by atoms with Crippen molar-refractivity contribution in [2.45, 2.75) is 32.7 Å². The van der Waals surface area contributed by atoms with Crippen LogP contribution in [0.25, 0.3) is 10.1 Å². The van der Waals surface area contributed by atoms with Crippen molar-refractivity contribution in [3.8, 4) is 0 Å². The third kappa shape index (κ3) is 3.20. The monoisotopic (exact) mass is 315 g/mol. The minimum absolute atomic E-state index is 0.429. The van der Waals surface area contributed by atoms with Crippen LogP contribution in [0, 0.1) is 0 Å². The molecule has 0 aliphatic heterocycles. The van der Waals surface area contributed by atoms with Gasteiger partial charge in [-0.25, -0.2) is 0 Å². The average molecular weight is 316 g/mol. The molecule has 1 aromatic carbocycles. The van der Waals surface area contributed by atoms with Crippen LogP contribution in [0.3, 0.4) is 0 Å². The van der Waals surface area contributed by atoms with Crippen molar-refractivity contribution in [3.63, 3.8) is 0 Å². The van der Waals surface area contributed by atoms with Crippen LogP contribution in [0.5, 0.6) is 0 Å². The van der Waals surface area contributed by atoms with Gasteiger partial charge in [0, 0.05) is 20.5 Å². The van der Waals surface area contributed by atoms with Crippen LogP contribution < -0.4 is 5.32 Å². The van der Waals surface area contributed by atoms with E-state index in [9.17, 15) is 0 Å². The van der Waals surface area contributed by atoms with E-state index >= 15 is 0 Å². The first kappa shape index (κ1) is 14.8. The summed E-state index contributed by atoms with van der Waals surface area (Å²) in [4.78, 5) is 2.94. The fourth-order valence-corrected chi connectivity index (χ4v) is 4.71. The Bertz CT molecular complexity index is 711. The molecule has 0 bridgehead atoms. The summed E-state index contributed by atoms with van der Waals surface area (Å²) in [6, 6.07) is 13.7. The lowest BCUT2D eigenvalue weighted by atomic mass is 10.0. The van der Waals surface area contributed by atoms with Crippen molar-refractivity contribution in [1.82, 2.24) is 5.32 Å². The van der Waals surface area contributed by atoms with Crippen LogP contribution in [-0.2, 0) is 12.8 Å². The first-order chi connectivity index (χ1) is 10.3. The lowest BCUT2D eigenvalue weighted by molar-refractivity contribution is 0.560. The number of benzene rings is 1. The average Bonchev–Trinajstić information content (AvgIpc) is 3.14. The summed E-state index contributed by atoms with van der Waals surface area (Å²) < 4.78 is 1.39. The van der Waals surface area contributed by atoms with Crippen molar-refractivity contribution in [2.24, 2.45) is 0 Å². The molecule has 0 saturated heterocycles. The summed E-state index contributed by atoms with van der Waals surface area (Å²) in [5.74, 6) is 0. The van der Waals surface area contributed by atoms with E-state index < -0.39 is 0 Å². The van der Waals surface area contributed by atoms with Gasteiger partial charge < -0.3 is 5.32 Å². The molecule has 0 aliphatic carbocycles. The second-order valence-electron chi connectivity index (χ2n) is 5.23. The molecule has 2 heterocycles. The topological polar surface area (TPSA) is 12.0 Å². The Balaban J connectivity index is 1.88. The second-order valence-corrected chi connectivity index (χ2v) is 7.34. The van der Waals surface area contributed by atoms with Crippen LogP contribution in [0.4, 0.5) is 0 Å². The van der Waals surface area contributed by atoms with Crippen molar-refractivity contribution >= 4 is 32.8 Å². The van der Waals surface area contributed by atoms with Crippen molar-refractivity contribution in [3.05, 3.63) is 57.1 Å². The molecule has 0 amide bonds. The van der Waals surface area contributed by atoms with Gasteiger partial charge >= 0.3 is 0 Å². The zero-order valence-electron chi connectivity index (χ0n) is 12.6. The van der Waals surface area contributed by atoms with Crippen LogP contribution in [-0.4, -0.2) is 6.54 Å². The predicted molar refractivity (Wildman–Crippen MR) is 95.6 cm³/mol. The highest BCUT2D eigenvalue weighted by atomic mass is 32.1. The number of thiophene rings is 2. The maximum Gasteiger partial charge on any atom is 0.0456 e. The molecule has 21 heavy (non-hydrogen) atoms. The highest BCUT2D eigenvalue weighted by Crippen LogP contribution is 2.31. The summed E-state index contributed by atoms with van der Waals surface area (Å²) in [5.41, 5.74) is 1.47. The van der Waals surface area contributed by atoms with E-state index in [0.717, 1.165) is 19.4 Å². The van der Waals surface area contributed by atoms with E-state index in [0.29, 0.717) is 6.04 Å². The summed E-state index contributed by atoms with van der Waals surface area (Å²) >= 11 is 3.80. The Kier molecular flexibility index (Phi) is 4.73. The Labute approximate surface area is 134 Å². The molecule has 0 saturated carbocycles. The molecule has 0 aliphatic rings. The summed E-state index contributed by atoms with van der Waals surface area (Å²) in [6.45, 7) is 5.42. The zero-order valence-corrected chi connectivity index (χ0v) is 14.2. The van der Waals surface area contributed by atoms with Crippen LogP contribution in [0.2, 0.25) is 0 Å². The highest BCUT2D eigenvalue weighted by molar-refractivity contribution is 7.17. The Morgan fingerprint density at radius 3 is 2.71 bits per heavy atom. The minimum Gasteiger partial charge on any atom is -0.309 e. The van der Waals surface area contributed by atoms with E-state index in [1.807, 2.05) is 22.7 Å². The molecule has 1 unspecified atom stereocenters. The van der Waals surface area contributed by atoms with E-state index in [1.54, 1.807) is 0 Å². The largest absolute Gasteiger partial charge is 0.309 e. The second kappa shape index (κ2) is 6.73. The number of fused-ring (bicyclic) bond motifs is 1. The zero-order chi connectivity index (χ0) is 14.7. The number of aryl methyl sites for hydroxylation is 1. The molecular weight excluding hydrogens is 294 g/mol. The van der Waals surface area contributed by atoms with E-state index in [4.69, 9.17) is 0 Å². The minimum atomic E-state index is 0.429. The third-order valence-corrected chi connectivity index (χ3v) is 6.17. The molecule has 0 fully saturated rings. The van der Waals surface area contributed by atoms with Crippen LogP contribution in [0.15, 0.2) is 41.8 Å². The van der Waals surface area contributed by atoms with Gasteiger partial charge in [0.25, 0.3) is 0 Å². The van der Waals surface area contributed by atoms with Gasteiger partial charge in [-0.3, -0.25) is 0 Å². The van der Waals surface area contributed by atoms with Gasteiger partial charge in [-0.15, -0.1) is 22.7 Å². The third-order valence-electron chi connectivity index (χ3n) is 3.81. The highest BCUT2D eigenvalue weighted by Gasteiger charge is 2.15. The fourth-order valence-electron chi connectivity index (χ4n) is 2.70. The molecule has 1 nitrogen and oxygen atoms in total. The molecule has 2 aromatic heterocycles. The number of nitrogens with one attached hydrogen (secondary N) is 1. The normalized spacial score (nSPS) is 12.9. The molecule has 3 rings (SSSR count). The maximum absolute atomic E-state index is 3.65. The lowest BCUT2D eigenvalue weighted by Gasteiger charge is -2.16. The number of likely N-dealkylation sites (N-methyl/N-ethyl adjacent to an activating group) is 1. The van der Waals surface area contributed by atoms with Gasteiger partial charge in [-0.2, -0.15) is 0 Å². The molecule has 0 radical (unpaired) electrons. The Morgan fingerprint density at radius 2 is 1.95 bits per heavy atom. The quantitative estimate of drug-likeness (QED) is 0.640. The van der Waals surface area contributed by atoms with Crippen LogP contribution in [0.1, 0.15) is 35.2 Å². The smallest absolute Gasteiger partial charge is 0.0456 e. The van der Waals surface area contributed by atoms with Crippen molar-refractivity contribution < 1.29 is 0 Å². The van der Waals surface area contributed by atoms with Crippen molar-refractivity contribution in [2.75, 3.05) is 6.54 Å². The van der Waals surface area contributed by atoms with Gasteiger partial charge in [0.1, 0.15) is 0 Å². The fraction of sp³-hybridized carbons (Fsp3) is 0.333. The maximum atomic E-state index is 3.65. The molecule has 3 heteroatoms. The first-order valence-corrected chi connectivity index (χ1v) is 9.28. The molecule has 1 N–H and O–H groups in total. The molecule has 0 spiro atoms. The van der Waals surface area contributed by atoms with Gasteiger partial charge in [-0.1, -0.05) is 32.0 Å². The van der Waals surface area contributed by atoms with Gasteiger partial charge in [0.05, 0.1) is 0 Å². The van der Waals surface area contributed by atoms with E-state index in [2.05, 4.69) is 60.9 Å². The van der Waals surface area contributed by atoms with Gasteiger partial charge in [0.15, 0.2) is 0 Å². The molecule has 3 aromatic rings. The Hall–Kier alpha value is -1.16. The summed E-state index contributed by atoms with van der Waals surface area (Å²) in [5, 5.41) is 7.39. The molecular formula is C18H21NS2. The standard InChI is InChI=1S/C18H21NS2/c1-3-14-9-10-18(21-14)16(19-4-2)11-13-12-20-17-8-6-5-7-15(13)17/h5-10,12,16,19H,3-4,11H2,1-2H3. The first-order valence-electron chi connectivity index (χ1n) is 7.59. The van der Waals surface area contributed by atoms with Crippen LogP contribution >= 0.6 is 22.7 Å². The molecule has 1 atom stereocenters. The van der Waals surface area contributed by atoms with E-state index in [-0.39, 0.29) is 0 Å². The number of rotatable bonds is 6. The summed E-state index contributed by atoms with van der Waals surface area (Å²) in [7, 11) is 0. The Morgan fingerprint density at radius 1 is 1.10 bits per heavy atom. The van der Waals surface area contributed by atoms with Gasteiger partial charge in [0.2, 0.25) is 0 Å². The number of hydrogen-bond acceptors (Lipinski definition) is 3. The number of hydrogen-bond donors (Lipinski definition) is 1. The molecule has 110 valence electrons. The summed E-state index contributed by atoms with van der Waals surface area (Å²) in [6.07, 6.45) is 2.20. The van der Waals surface area contributed by atoms with Crippen molar-refractivity contribution in [1.29, 1.82) is 0 Å². The van der Waals surface area contributed by atoms with Gasteiger partial charge in [-0.05, 0) is 53.9 Å². The SMILES string of the molecule is CCNC(Cc1csc2ccccc12)c1ccc(CC)s1. The predicted octanol–water partition coefficient (Wildman–Crippen LogP) is 5.42. The van der Waals surface area contributed by atoms with E-state index in [1.165, 1.54) is 25.4 Å². The lowest BCUT2D eigenvalue weighted by Crippen LogP contribution is -2.21.